The molecule has 1 radical (unpaired) electrons. The third-order valence-electron chi connectivity index (χ3n) is 3.48. The van der Waals surface area contributed by atoms with Crippen LogP contribution in [0.3, 0.4) is 0 Å². The fraction of sp³-hybridized carbons (Fsp3) is 0.600. The van der Waals surface area contributed by atoms with Crippen molar-refractivity contribution in [2.45, 2.75) is 50.7 Å². The van der Waals surface area contributed by atoms with Crippen LogP contribution >= 0.6 is 0 Å². The molecule has 1 aromatic rings. The maximum absolute atomic E-state index is 12.4. The van der Waals surface area contributed by atoms with Gasteiger partial charge in [-0.15, -0.1) is 0 Å². The number of rotatable bonds is 11. The third-order valence-corrected chi connectivity index (χ3v) is 3.48. The first-order valence-corrected chi connectivity index (χ1v) is 8.04. The normalized spacial score (nSPS) is 13.8. The van der Waals surface area contributed by atoms with Crippen molar-refractivity contribution in [3.8, 4) is 0 Å². The number of hydrogen-bond acceptors (Lipinski definition) is 7. The molecule has 0 fully saturated rings. The topological polar surface area (TPSA) is 181 Å². The SMILES string of the molecule is C[C@H](N)C(=O)[N-][C@@H](Cc1c[nH]cn1)C(=O)N[C@@H](CCCCN)C(=O)[O-].[Cu+2]. The minimum absolute atomic E-state index is 0. The van der Waals surface area contributed by atoms with Crippen molar-refractivity contribution < 1.29 is 36.6 Å². The Morgan fingerprint density at radius 3 is 2.58 bits per heavy atom. The molecule has 0 aliphatic carbocycles. The summed E-state index contributed by atoms with van der Waals surface area (Å²) in [6, 6.07) is -3.17. The fourth-order valence-corrected chi connectivity index (χ4v) is 2.08. The molecule has 0 saturated carbocycles. The molecule has 0 spiro atoms. The number of nitrogens with zero attached hydrogens (tertiary/aromatic N) is 2. The van der Waals surface area contributed by atoms with E-state index in [1.54, 1.807) is 6.20 Å². The zero-order valence-electron chi connectivity index (χ0n) is 14.4. The molecule has 0 unspecified atom stereocenters. The van der Waals surface area contributed by atoms with Gasteiger partial charge < -0.3 is 41.8 Å². The number of carbonyl (C=O) groups is 3. The number of unbranched alkanes of at least 4 members (excludes halogenated alkanes) is 1. The van der Waals surface area contributed by atoms with Crippen molar-refractivity contribution in [3.63, 3.8) is 0 Å². The Balaban J connectivity index is 0.00000625. The van der Waals surface area contributed by atoms with Gasteiger partial charge in [0.05, 0.1) is 29.9 Å². The van der Waals surface area contributed by atoms with Gasteiger partial charge in [0.2, 0.25) is 5.91 Å². The van der Waals surface area contributed by atoms with Gasteiger partial charge in [0.15, 0.2) is 0 Å². The molecule has 3 atom stereocenters. The summed E-state index contributed by atoms with van der Waals surface area (Å²) in [5, 5.41) is 17.4. The number of hydrogen-bond donors (Lipinski definition) is 4. The molecule has 11 heteroatoms. The van der Waals surface area contributed by atoms with E-state index in [9.17, 15) is 19.5 Å². The van der Waals surface area contributed by atoms with Gasteiger partial charge in [-0.2, -0.15) is 0 Å². The molecule has 0 aliphatic rings. The van der Waals surface area contributed by atoms with E-state index in [1.807, 2.05) is 0 Å². The van der Waals surface area contributed by atoms with Gasteiger partial charge >= 0.3 is 17.1 Å². The minimum atomic E-state index is -1.40. The van der Waals surface area contributed by atoms with E-state index in [0.29, 0.717) is 25.1 Å². The molecule has 149 valence electrons. The van der Waals surface area contributed by atoms with Crippen molar-refractivity contribution in [3.05, 3.63) is 23.5 Å². The van der Waals surface area contributed by atoms with Crippen molar-refractivity contribution in [1.82, 2.24) is 15.3 Å². The van der Waals surface area contributed by atoms with Crippen LogP contribution in [0.4, 0.5) is 0 Å². The average Bonchev–Trinajstić information content (AvgIpc) is 3.06. The van der Waals surface area contributed by atoms with Gasteiger partial charge in [-0.05, 0) is 45.2 Å². The molecule has 0 aromatic carbocycles. The number of amides is 2. The molecule has 10 nitrogen and oxygen atoms in total. The standard InChI is InChI=1S/C15H26N6O4.Cu/c1-9(17)13(22)21-12(6-10-7-18-8-19-10)14(23)20-11(15(24)25)4-2-3-5-16;/h7-9,11-12H,2-6,16-17H2,1H3,(H4,18,19,20,21,22,23,24,25);/q;+2/p-2/t9-,11-,12-;/m0./s1. The molecule has 26 heavy (non-hydrogen) atoms. The first kappa shape index (κ1) is 24.1. The number of aromatic amines is 1. The van der Waals surface area contributed by atoms with Crippen LogP contribution in [0.25, 0.3) is 5.32 Å². The largest absolute Gasteiger partial charge is 2.00 e. The number of aromatic nitrogens is 2. The van der Waals surface area contributed by atoms with Crippen LogP contribution < -0.4 is 21.9 Å². The molecular weight excluding hydrogens is 392 g/mol. The Morgan fingerprint density at radius 1 is 1.38 bits per heavy atom. The molecule has 0 saturated heterocycles. The first-order chi connectivity index (χ1) is 11.8. The van der Waals surface area contributed by atoms with Gasteiger partial charge in [0.25, 0.3) is 0 Å². The summed E-state index contributed by atoms with van der Waals surface area (Å²) in [4.78, 5) is 42.1. The van der Waals surface area contributed by atoms with Crippen molar-refractivity contribution in [1.29, 1.82) is 0 Å². The number of imidazole rings is 1. The van der Waals surface area contributed by atoms with E-state index >= 15 is 0 Å². The molecule has 6 N–H and O–H groups in total. The molecule has 1 heterocycles. The average molecular weight is 416 g/mol. The van der Waals surface area contributed by atoms with Gasteiger partial charge in [-0.3, -0.25) is 4.79 Å². The maximum atomic E-state index is 12.4. The second-order valence-electron chi connectivity index (χ2n) is 5.70. The van der Waals surface area contributed by atoms with E-state index in [2.05, 4.69) is 20.6 Å². The Bertz CT molecular complexity index is 566. The number of nitrogens with two attached hydrogens (primary N) is 2. The number of carbonyl (C=O) groups excluding carboxylic acids is 3. The number of carboxylic acids is 1. The van der Waals surface area contributed by atoms with Gasteiger partial charge in [0.1, 0.15) is 0 Å². The molecule has 2 amide bonds. The van der Waals surface area contributed by atoms with Crippen LogP contribution in [0.1, 0.15) is 31.9 Å². The van der Waals surface area contributed by atoms with E-state index < -0.39 is 35.9 Å². The van der Waals surface area contributed by atoms with Crippen LogP contribution in [0.2, 0.25) is 0 Å². The Kier molecular flexibility index (Phi) is 11.5. The second-order valence-corrected chi connectivity index (χ2v) is 5.70. The Hall–Kier alpha value is -1.94. The summed E-state index contributed by atoms with van der Waals surface area (Å²) >= 11 is 0. The summed E-state index contributed by atoms with van der Waals surface area (Å²) in [5.74, 6) is -2.75. The quantitative estimate of drug-likeness (QED) is 0.236. The van der Waals surface area contributed by atoms with Crippen LogP contribution in [-0.4, -0.2) is 52.4 Å². The third kappa shape index (κ3) is 8.43. The van der Waals surface area contributed by atoms with E-state index in [-0.39, 0.29) is 29.9 Å². The van der Waals surface area contributed by atoms with Crippen molar-refractivity contribution >= 4 is 17.8 Å². The predicted molar refractivity (Wildman–Crippen MR) is 87.9 cm³/mol. The minimum Gasteiger partial charge on any atom is -0.642 e. The zero-order valence-corrected chi connectivity index (χ0v) is 15.3. The summed E-state index contributed by atoms with van der Waals surface area (Å²) < 4.78 is 0. The van der Waals surface area contributed by atoms with E-state index in [0.717, 1.165) is 0 Å². The summed E-state index contributed by atoms with van der Waals surface area (Å²) in [6.07, 6.45) is 4.36. The fourth-order valence-electron chi connectivity index (χ4n) is 2.08. The molecular formula is C15H24CuN6O4. The number of nitrogens with one attached hydrogen (secondary N) is 2. The Morgan fingerprint density at radius 2 is 2.08 bits per heavy atom. The molecule has 1 rings (SSSR count). The molecule has 1 aromatic heterocycles. The van der Waals surface area contributed by atoms with Crippen LogP contribution in [-0.2, 0) is 37.9 Å². The maximum Gasteiger partial charge on any atom is 2.00 e. The Labute approximate surface area is 162 Å². The van der Waals surface area contributed by atoms with E-state index in [4.69, 9.17) is 11.5 Å². The summed E-state index contributed by atoms with van der Waals surface area (Å²) in [7, 11) is 0. The monoisotopic (exact) mass is 415 g/mol. The van der Waals surface area contributed by atoms with Crippen LogP contribution in [0.15, 0.2) is 12.5 Å². The van der Waals surface area contributed by atoms with Gasteiger partial charge in [0, 0.05) is 12.2 Å². The van der Waals surface area contributed by atoms with Crippen LogP contribution in [0.5, 0.6) is 0 Å². The summed E-state index contributed by atoms with van der Waals surface area (Å²) in [6.45, 7) is 1.87. The van der Waals surface area contributed by atoms with Gasteiger partial charge in [-0.25, -0.2) is 4.98 Å². The molecule has 0 aliphatic heterocycles. The molecule has 0 bridgehead atoms. The number of aliphatic carboxylic acids is 1. The predicted octanol–water partition coefficient (Wildman–Crippen LogP) is -2.07. The first-order valence-electron chi connectivity index (χ1n) is 8.04. The van der Waals surface area contributed by atoms with Crippen LogP contribution in [0, 0.1) is 0 Å². The van der Waals surface area contributed by atoms with Gasteiger partial charge in [-0.1, -0.05) is 0 Å². The summed E-state index contributed by atoms with van der Waals surface area (Å²) in [5.41, 5.74) is 11.4. The zero-order chi connectivity index (χ0) is 18.8. The van der Waals surface area contributed by atoms with E-state index in [1.165, 1.54) is 13.3 Å². The van der Waals surface area contributed by atoms with Crippen molar-refractivity contribution in [2.24, 2.45) is 11.5 Å². The number of carboxylic acid groups (broad SMARTS) is 1. The number of H-pyrrole nitrogens is 1. The smallest absolute Gasteiger partial charge is 0.642 e. The second kappa shape index (κ2) is 12.4. The van der Waals surface area contributed by atoms with Crippen molar-refractivity contribution in [2.75, 3.05) is 6.54 Å².